The zero-order valence-corrected chi connectivity index (χ0v) is 25.4. The smallest absolute Gasteiger partial charge is 0.252 e. The first-order chi connectivity index (χ1) is 19.9. The molecule has 42 heavy (non-hydrogen) atoms. The molecule has 5 rings (SSSR count). The van der Waals surface area contributed by atoms with Gasteiger partial charge in [0.1, 0.15) is 12.1 Å². The normalized spacial score (nSPS) is 17.8. The molecule has 3 atom stereocenters. The molecule has 0 radical (unpaired) electrons. The number of fused-ring (bicyclic) bond motifs is 1. The second-order valence-electron chi connectivity index (χ2n) is 12.1. The molecule has 220 valence electrons. The number of amides is 3. The maximum absolute atomic E-state index is 13.9. The fourth-order valence-electron chi connectivity index (χ4n) is 5.40. The van der Waals surface area contributed by atoms with E-state index >= 15 is 0 Å². The van der Waals surface area contributed by atoms with Gasteiger partial charge in [-0.3, -0.25) is 14.4 Å². The summed E-state index contributed by atoms with van der Waals surface area (Å²) in [7, 11) is 1.91. The molecule has 2 aromatic heterocycles. The SMILES string of the molecule is Cc1ncsc1-c1ccc(CNC(=O)[C@@H]2C[C@@H](O)CN2C(=O)[C@@H](NC(=O)c2ccc3ccn(C)c3c2)C(C)(C)C)cc1. The van der Waals surface area contributed by atoms with Crippen LogP contribution < -0.4 is 10.6 Å². The van der Waals surface area contributed by atoms with Gasteiger partial charge in [-0.15, -0.1) is 11.3 Å². The highest BCUT2D eigenvalue weighted by atomic mass is 32.1. The Balaban J connectivity index is 1.27. The monoisotopic (exact) mass is 587 g/mol. The third-order valence-corrected chi connectivity index (χ3v) is 8.81. The molecular formula is C32H37N5O4S. The van der Waals surface area contributed by atoms with Crippen LogP contribution in [0.3, 0.4) is 0 Å². The maximum atomic E-state index is 13.9. The molecule has 0 bridgehead atoms. The van der Waals surface area contributed by atoms with Crippen molar-refractivity contribution >= 4 is 40.0 Å². The number of aryl methyl sites for hydroxylation is 2. The van der Waals surface area contributed by atoms with Gasteiger partial charge in [-0.05, 0) is 47.1 Å². The highest BCUT2D eigenvalue weighted by Gasteiger charge is 2.44. The number of nitrogens with one attached hydrogen (secondary N) is 2. The molecule has 1 aliphatic rings. The number of carbonyl (C=O) groups excluding carboxylic acids is 3. The van der Waals surface area contributed by atoms with Crippen molar-refractivity contribution in [2.75, 3.05) is 6.54 Å². The number of β-amino-alcohol motifs (C(OH)–C–C–N with tert-alkyl or cyclic N) is 1. The van der Waals surface area contributed by atoms with E-state index in [-0.39, 0.29) is 31.3 Å². The van der Waals surface area contributed by atoms with E-state index in [0.717, 1.165) is 32.6 Å². The summed E-state index contributed by atoms with van der Waals surface area (Å²) >= 11 is 1.58. The standard InChI is InChI=1S/C32H37N5O4S/c1-19-27(42-18-34-19)22-8-6-20(7-9-22)16-33-30(40)26-15-24(38)17-37(26)31(41)28(32(2,3)4)35-29(39)23-11-10-21-12-13-36(5)25(21)14-23/h6-14,18,24,26,28,38H,15-17H2,1-5H3,(H,33,40)(H,35,39)/t24-,26+,28-/m1/s1. The molecule has 2 aromatic carbocycles. The molecule has 0 spiro atoms. The quantitative estimate of drug-likeness (QED) is 0.302. The van der Waals surface area contributed by atoms with Crippen molar-refractivity contribution in [3.05, 3.63) is 77.1 Å². The number of hydrogen-bond acceptors (Lipinski definition) is 6. The van der Waals surface area contributed by atoms with Gasteiger partial charge < -0.3 is 25.2 Å². The van der Waals surface area contributed by atoms with Crippen LogP contribution in [0.1, 0.15) is 48.8 Å². The Hall–Kier alpha value is -4.02. The van der Waals surface area contributed by atoms with Crippen LogP contribution >= 0.6 is 11.3 Å². The molecule has 1 saturated heterocycles. The Kier molecular flexibility index (Phi) is 8.21. The third kappa shape index (κ3) is 6.10. The van der Waals surface area contributed by atoms with Crippen molar-refractivity contribution in [1.82, 2.24) is 25.1 Å². The molecule has 0 aliphatic carbocycles. The van der Waals surface area contributed by atoms with Crippen molar-refractivity contribution in [3.63, 3.8) is 0 Å². The zero-order valence-electron chi connectivity index (χ0n) is 24.5. The average Bonchev–Trinajstić information content (AvgIpc) is 3.67. The van der Waals surface area contributed by atoms with E-state index in [1.165, 1.54) is 4.90 Å². The minimum atomic E-state index is -0.905. The lowest BCUT2D eigenvalue weighted by atomic mass is 9.85. The fraction of sp³-hybridized carbons (Fsp3) is 0.375. The second-order valence-corrected chi connectivity index (χ2v) is 12.9. The molecule has 1 fully saturated rings. The molecular weight excluding hydrogens is 550 g/mol. The molecule has 0 unspecified atom stereocenters. The Bertz CT molecular complexity index is 1620. The Morgan fingerprint density at radius 1 is 1.12 bits per heavy atom. The van der Waals surface area contributed by atoms with Crippen molar-refractivity contribution < 1.29 is 19.5 Å². The number of benzene rings is 2. The minimum Gasteiger partial charge on any atom is -0.391 e. The largest absolute Gasteiger partial charge is 0.391 e. The number of rotatable bonds is 7. The number of likely N-dealkylation sites (tertiary alicyclic amines) is 1. The van der Waals surface area contributed by atoms with Crippen molar-refractivity contribution in [1.29, 1.82) is 0 Å². The summed E-state index contributed by atoms with van der Waals surface area (Å²) in [5, 5.41) is 17.4. The first-order valence-corrected chi connectivity index (χ1v) is 14.9. The first-order valence-electron chi connectivity index (χ1n) is 14.0. The molecule has 4 aromatic rings. The van der Waals surface area contributed by atoms with Gasteiger partial charge in [0.2, 0.25) is 11.8 Å². The number of thiazole rings is 1. The number of aliphatic hydroxyl groups excluding tert-OH is 1. The topological polar surface area (TPSA) is 117 Å². The lowest BCUT2D eigenvalue weighted by Crippen LogP contribution is -2.57. The Morgan fingerprint density at radius 3 is 2.52 bits per heavy atom. The molecule has 1 aliphatic heterocycles. The van der Waals surface area contributed by atoms with Crippen LogP contribution in [0.25, 0.3) is 21.3 Å². The van der Waals surface area contributed by atoms with E-state index < -0.39 is 29.5 Å². The highest BCUT2D eigenvalue weighted by molar-refractivity contribution is 7.13. The van der Waals surface area contributed by atoms with Gasteiger partial charge in [0.15, 0.2) is 0 Å². The summed E-state index contributed by atoms with van der Waals surface area (Å²) in [6.07, 6.45) is 1.23. The zero-order chi connectivity index (χ0) is 30.2. The number of hydrogen-bond donors (Lipinski definition) is 3. The van der Waals surface area contributed by atoms with Crippen LogP contribution in [0.4, 0.5) is 0 Å². The Morgan fingerprint density at radius 2 is 1.86 bits per heavy atom. The summed E-state index contributed by atoms with van der Waals surface area (Å²) < 4.78 is 1.93. The van der Waals surface area contributed by atoms with Gasteiger partial charge in [-0.2, -0.15) is 0 Å². The van der Waals surface area contributed by atoms with Crippen LogP contribution in [0.2, 0.25) is 0 Å². The van der Waals surface area contributed by atoms with Crippen LogP contribution in [0, 0.1) is 12.3 Å². The van der Waals surface area contributed by atoms with E-state index in [4.69, 9.17) is 0 Å². The van der Waals surface area contributed by atoms with Crippen LogP contribution in [-0.2, 0) is 23.2 Å². The molecule has 3 amide bonds. The fourth-order valence-corrected chi connectivity index (χ4v) is 6.21. The number of carbonyl (C=O) groups is 3. The predicted octanol–water partition coefficient (Wildman–Crippen LogP) is 4.03. The number of nitrogens with zero attached hydrogens (tertiary/aromatic N) is 3. The van der Waals surface area contributed by atoms with Crippen molar-refractivity contribution in [2.24, 2.45) is 12.5 Å². The summed E-state index contributed by atoms with van der Waals surface area (Å²) in [6, 6.07) is 13.6. The summed E-state index contributed by atoms with van der Waals surface area (Å²) in [6.45, 7) is 7.90. The number of aromatic nitrogens is 2. The first kappa shape index (κ1) is 29.5. The summed E-state index contributed by atoms with van der Waals surface area (Å²) in [5.74, 6) is -1.10. The lowest BCUT2D eigenvalue weighted by Gasteiger charge is -2.35. The average molecular weight is 588 g/mol. The molecule has 3 N–H and O–H groups in total. The lowest BCUT2D eigenvalue weighted by molar-refractivity contribution is -0.142. The minimum absolute atomic E-state index is 0.0254. The van der Waals surface area contributed by atoms with Gasteiger partial charge in [0.25, 0.3) is 5.91 Å². The number of aliphatic hydroxyl groups is 1. The third-order valence-electron chi connectivity index (χ3n) is 7.83. The second kappa shape index (κ2) is 11.7. The van der Waals surface area contributed by atoms with E-state index in [2.05, 4.69) is 15.6 Å². The van der Waals surface area contributed by atoms with E-state index in [0.29, 0.717) is 5.56 Å². The van der Waals surface area contributed by atoms with Crippen molar-refractivity contribution in [2.45, 2.75) is 58.8 Å². The van der Waals surface area contributed by atoms with Crippen LogP contribution in [0.5, 0.6) is 0 Å². The van der Waals surface area contributed by atoms with Crippen LogP contribution in [0.15, 0.2) is 60.2 Å². The maximum Gasteiger partial charge on any atom is 0.252 e. The molecule has 9 nitrogen and oxygen atoms in total. The van der Waals surface area contributed by atoms with E-state index in [9.17, 15) is 19.5 Å². The van der Waals surface area contributed by atoms with Gasteiger partial charge in [0.05, 0.1) is 22.2 Å². The van der Waals surface area contributed by atoms with Gasteiger partial charge >= 0.3 is 0 Å². The predicted molar refractivity (Wildman–Crippen MR) is 164 cm³/mol. The van der Waals surface area contributed by atoms with Crippen LogP contribution in [-0.4, -0.2) is 62.0 Å². The van der Waals surface area contributed by atoms with Gasteiger partial charge in [-0.1, -0.05) is 51.1 Å². The molecule has 3 heterocycles. The van der Waals surface area contributed by atoms with Crippen molar-refractivity contribution in [3.8, 4) is 10.4 Å². The van der Waals surface area contributed by atoms with E-state index in [1.54, 1.807) is 23.5 Å². The highest BCUT2D eigenvalue weighted by Crippen LogP contribution is 2.28. The molecule has 10 heteroatoms. The summed E-state index contributed by atoms with van der Waals surface area (Å²) in [5.41, 5.74) is 5.50. The summed E-state index contributed by atoms with van der Waals surface area (Å²) in [4.78, 5) is 47.4. The van der Waals surface area contributed by atoms with E-state index in [1.807, 2.05) is 87.4 Å². The Labute approximate surface area is 249 Å². The van der Waals surface area contributed by atoms with Gasteiger partial charge in [0, 0.05) is 43.8 Å². The molecule has 0 saturated carbocycles. The van der Waals surface area contributed by atoms with Gasteiger partial charge in [-0.25, -0.2) is 4.98 Å².